The van der Waals surface area contributed by atoms with Gasteiger partial charge in [0.25, 0.3) is 0 Å². The topological polar surface area (TPSA) is 26.3 Å². The first-order valence-corrected chi connectivity index (χ1v) is 18.5. The van der Waals surface area contributed by atoms with E-state index in [9.17, 15) is 0 Å². The van der Waals surface area contributed by atoms with E-state index in [2.05, 4.69) is 182 Å². The molecule has 0 spiro atoms. The van der Waals surface area contributed by atoms with E-state index in [0.717, 1.165) is 55.0 Å². The number of furan rings is 2. The maximum atomic E-state index is 6.44. The lowest BCUT2D eigenvalue weighted by molar-refractivity contribution is 0.656. The van der Waals surface area contributed by atoms with Crippen LogP contribution in [0.5, 0.6) is 0 Å². The van der Waals surface area contributed by atoms with E-state index < -0.39 is 0 Å². The molecule has 0 fully saturated rings. The molecule has 2 heteroatoms. The second kappa shape index (κ2) is 11.2. The quantitative estimate of drug-likeness (QED) is 0.173. The van der Waals surface area contributed by atoms with Crippen LogP contribution in [0.2, 0.25) is 0 Å². The van der Waals surface area contributed by atoms with Crippen molar-refractivity contribution in [2.24, 2.45) is 0 Å². The van der Waals surface area contributed by atoms with Crippen molar-refractivity contribution in [3.63, 3.8) is 0 Å². The molecule has 0 amide bonds. The maximum absolute atomic E-state index is 6.44. The number of benzene rings is 10. The first-order valence-electron chi connectivity index (χ1n) is 18.5. The van der Waals surface area contributed by atoms with Gasteiger partial charge >= 0.3 is 0 Å². The Morgan fingerprint density at radius 2 is 0.796 bits per heavy atom. The zero-order valence-electron chi connectivity index (χ0n) is 29.1. The van der Waals surface area contributed by atoms with E-state index in [1.807, 2.05) is 0 Å². The SMILES string of the molecule is c1cc(-c2ccc3oc4cc5oc6ccc7ccccc7c6c5cc4c3c2)cc(-c2c3ccccc3c(-c3cccc4ccccc34)c3ccccc23)c1. The number of rotatable bonds is 3. The van der Waals surface area contributed by atoms with E-state index >= 15 is 0 Å². The molecule has 0 unspecified atom stereocenters. The van der Waals surface area contributed by atoms with Crippen LogP contribution >= 0.6 is 0 Å². The lowest BCUT2D eigenvalue weighted by Crippen LogP contribution is -1.92. The Balaban J connectivity index is 1.06. The molecule has 2 aromatic heterocycles. The van der Waals surface area contributed by atoms with Crippen LogP contribution in [0.15, 0.2) is 191 Å². The van der Waals surface area contributed by atoms with Crippen molar-refractivity contribution < 1.29 is 8.83 Å². The molecular formula is C52H30O2. The molecule has 54 heavy (non-hydrogen) atoms. The molecule has 0 aliphatic heterocycles. The normalized spacial score (nSPS) is 12.1. The highest BCUT2D eigenvalue weighted by molar-refractivity contribution is 6.24. The van der Waals surface area contributed by atoms with Gasteiger partial charge in [-0.05, 0) is 107 Å². The van der Waals surface area contributed by atoms with Crippen molar-refractivity contribution in [3.8, 4) is 33.4 Å². The molecule has 10 aromatic carbocycles. The van der Waals surface area contributed by atoms with Crippen LogP contribution in [-0.2, 0) is 0 Å². The Kier molecular flexibility index (Phi) is 6.09. The Morgan fingerprint density at radius 3 is 1.57 bits per heavy atom. The third kappa shape index (κ3) is 4.22. The number of fused-ring (bicyclic) bond motifs is 11. The van der Waals surface area contributed by atoms with Gasteiger partial charge in [0.15, 0.2) is 0 Å². The Hall–Kier alpha value is -7.16. The summed E-state index contributed by atoms with van der Waals surface area (Å²) in [6.45, 7) is 0. The molecule has 2 nitrogen and oxygen atoms in total. The molecule has 0 N–H and O–H groups in total. The lowest BCUT2D eigenvalue weighted by atomic mass is 9.84. The molecule has 2 heterocycles. The molecule has 0 radical (unpaired) electrons. The van der Waals surface area contributed by atoms with Gasteiger partial charge in [0.05, 0.1) is 0 Å². The average molecular weight is 687 g/mol. The largest absolute Gasteiger partial charge is 0.456 e. The summed E-state index contributed by atoms with van der Waals surface area (Å²) in [5, 5.41) is 14.4. The fraction of sp³-hybridized carbons (Fsp3) is 0. The van der Waals surface area contributed by atoms with E-state index in [1.165, 1.54) is 65.3 Å². The summed E-state index contributed by atoms with van der Waals surface area (Å²) in [4.78, 5) is 0. The van der Waals surface area contributed by atoms with Gasteiger partial charge in [0, 0.05) is 27.6 Å². The second-order valence-corrected chi connectivity index (χ2v) is 14.4. The van der Waals surface area contributed by atoms with Gasteiger partial charge in [-0.2, -0.15) is 0 Å². The predicted molar refractivity (Wildman–Crippen MR) is 227 cm³/mol. The molecule has 0 atom stereocenters. The predicted octanol–water partition coefficient (Wildman–Crippen LogP) is 15.1. The zero-order chi connectivity index (χ0) is 35.3. The minimum Gasteiger partial charge on any atom is -0.456 e. The van der Waals surface area contributed by atoms with Gasteiger partial charge in [0.2, 0.25) is 0 Å². The smallest absolute Gasteiger partial charge is 0.139 e. The molecule has 0 aliphatic carbocycles. The Morgan fingerprint density at radius 1 is 0.259 bits per heavy atom. The summed E-state index contributed by atoms with van der Waals surface area (Å²) in [6, 6.07) is 65.8. The molecule has 0 saturated heterocycles. The van der Waals surface area contributed by atoms with E-state index in [0.29, 0.717) is 0 Å². The number of hydrogen-bond donors (Lipinski definition) is 0. The van der Waals surface area contributed by atoms with Crippen molar-refractivity contribution in [2.45, 2.75) is 0 Å². The summed E-state index contributed by atoms with van der Waals surface area (Å²) >= 11 is 0. The van der Waals surface area contributed by atoms with Gasteiger partial charge < -0.3 is 8.83 Å². The van der Waals surface area contributed by atoms with Crippen molar-refractivity contribution in [2.75, 3.05) is 0 Å². The van der Waals surface area contributed by atoms with Crippen LogP contribution in [0.4, 0.5) is 0 Å². The van der Waals surface area contributed by atoms with Crippen molar-refractivity contribution in [3.05, 3.63) is 182 Å². The third-order valence-corrected chi connectivity index (χ3v) is 11.4. The highest BCUT2D eigenvalue weighted by Crippen LogP contribution is 2.46. The Labute approximate surface area is 310 Å². The van der Waals surface area contributed by atoms with Gasteiger partial charge in [-0.3, -0.25) is 0 Å². The number of hydrogen-bond acceptors (Lipinski definition) is 2. The summed E-state index contributed by atoms with van der Waals surface area (Å²) in [5.41, 5.74) is 10.7. The molecule has 0 aliphatic rings. The third-order valence-electron chi connectivity index (χ3n) is 11.4. The van der Waals surface area contributed by atoms with Crippen LogP contribution in [0.1, 0.15) is 0 Å². The van der Waals surface area contributed by atoms with Gasteiger partial charge in [0.1, 0.15) is 22.3 Å². The standard InChI is InChI=1S/C52H30O2/c1-3-16-36-31(11-1)13-10-22-38(36)51-41-20-7-5-18-39(41)50(40-19-6-8-21-42(40)51)35-15-9-14-33(27-35)34-24-25-46-43(28-34)44-29-45-49(30-48(44)53-46)54-47-26-23-32-12-2-4-17-37(32)52(45)47/h1-30H. The zero-order valence-corrected chi connectivity index (χ0v) is 29.1. The second-order valence-electron chi connectivity index (χ2n) is 14.4. The van der Waals surface area contributed by atoms with Crippen molar-refractivity contribution in [1.82, 2.24) is 0 Å². The minimum absolute atomic E-state index is 0.830. The molecule has 12 aromatic rings. The van der Waals surface area contributed by atoms with Gasteiger partial charge in [-0.25, -0.2) is 0 Å². The minimum atomic E-state index is 0.830. The first-order chi connectivity index (χ1) is 26.8. The molecular weight excluding hydrogens is 657 g/mol. The summed E-state index contributed by atoms with van der Waals surface area (Å²) in [7, 11) is 0. The van der Waals surface area contributed by atoms with Crippen LogP contribution in [-0.4, -0.2) is 0 Å². The first kappa shape index (κ1) is 29.4. The summed E-state index contributed by atoms with van der Waals surface area (Å²) in [5.74, 6) is 0. The summed E-state index contributed by atoms with van der Waals surface area (Å²) in [6.07, 6.45) is 0. The molecule has 0 bridgehead atoms. The fourth-order valence-electron chi connectivity index (χ4n) is 9.02. The van der Waals surface area contributed by atoms with Gasteiger partial charge in [-0.1, -0.05) is 146 Å². The monoisotopic (exact) mass is 686 g/mol. The highest BCUT2D eigenvalue weighted by atomic mass is 16.3. The molecule has 12 rings (SSSR count). The summed E-state index contributed by atoms with van der Waals surface area (Å²) < 4.78 is 12.8. The molecule has 250 valence electrons. The highest BCUT2D eigenvalue weighted by Gasteiger charge is 2.19. The van der Waals surface area contributed by atoms with Crippen LogP contribution in [0, 0.1) is 0 Å². The fourth-order valence-corrected chi connectivity index (χ4v) is 9.02. The van der Waals surface area contributed by atoms with E-state index in [4.69, 9.17) is 8.83 Å². The lowest BCUT2D eigenvalue weighted by Gasteiger charge is -2.19. The maximum Gasteiger partial charge on any atom is 0.139 e. The molecule has 0 saturated carbocycles. The van der Waals surface area contributed by atoms with Crippen LogP contribution < -0.4 is 0 Å². The van der Waals surface area contributed by atoms with E-state index in [-0.39, 0.29) is 0 Å². The van der Waals surface area contributed by atoms with E-state index in [1.54, 1.807) is 0 Å². The van der Waals surface area contributed by atoms with Crippen molar-refractivity contribution >= 4 is 87.0 Å². The van der Waals surface area contributed by atoms with Crippen LogP contribution in [0.25, 0.3) is 120 Å². The van der Waals surface area contributed by atoms with Crippen LogP contribution in [0.3, 0.4) is 0 Å². The Bertz CT molecular complexity index is 3440. The van der Waals surface area contributed by atoms with Crippen molar-refractivity contribution in [1.29, 1.82) is 0 Å². The van der Waals surface area contributed by atoms with Gasteiger partial charge in [-0.15, -0.1) is 0 Å². The average Bonchev–Trinajstić information content (AvgIpc) is 3.78.